The Balaban J connectivity index is 1.52. The second-order valence-electron chi connectivity index (χ2n) is 6.36. The topological polar surface area (TPSA) is 29.5 Å². The van der Waals surface area contributed by atoms with Crippen LogP contribution in [0.1, 0.15) is 11.1 Å². The van der Waals surface area contributed by atoms with Gasteiger partial charge in [0.15, 0.2) is 0 Å². The normalized spacial score (nSPS) is 15.6. The number of likely N-dealkylation sites (N-methyl/N-ethyl adjacent to an activating group) is 1. The monoisotopic (exact) mass is 469 g/mol. The number of halogens is 1. The van der Waals surface area contributed by atoms with E-state index in [1.165, 1.54) is 27.4 Å². The summed E-state index contributed by atoms with van der Waals surface area (Å²) in [6.07, 6.45) is 1.85. The number of carbonyl (C=O) groups is 1. The van der Waals surface area contributed by atoms with Crippen LogP contribution >= 0.6 is 39.9 Å². The van der Waals surface area contributed by atoms with Gasteiger partial charge in [0, 0.05) is 7.05 Å². The first kappa shape index (κ1) is 19.2. The summed E-state index contributed by atoms with van der Waals surface area (Å²) in [5.74, 6) is 0.690. The van der Waals surface area contributed by atoms with Crippen molar-refractivity contribution in [2.75, 3.05) is 7.05 Å². The van der Waals surface area contributed by atoms with Gasteiger partial charge in [0.2, 0.25) is 0 Å². The summed E-state index contributed by atoms with van der Waals surface area (Å²) >= 11 is 10.1. The second-order valence-corrected chi connectivity index (χ2v) is 8.89. The first-order chi connectivity index (χ1) is 13.5. The lowest BCUT2D eigenvalue weighted by molar-refractivity contribution is -0.121. The number of nitrogens with zero attached hydrogens (tertiary/aromatic N) is 1. The lowest BCUT2D eigenvalue weighted by atomic mass is 10.1. The van der Waals surface area contributed by atoms with E-state index in [0.29, 0.717) is 15.8 Å². The molecule has 1 fully saturated rings. The van der Waals surface area contributed by atoms with Crippen LogP contribution in [0.15, 0.2) is 70.0 Å². The molecule has 0 radical (unpaired) electrons. The molecule has 0 aliphatic carbocycles. The second kappa shape index (κ2) is 8.07. The van der Waals surface area contributed by atoms with Gasteiger partial charge in [-0.2, -0.15) is 0 Å². The van der Waals surface area contributed by atoms with Gasteiger partial charge in [-0.25, -0.2) is 0 Å². The van der Waals surface area contributed by atoms with E-state index < -0.39 is 0 Å². The number of fused-ring (bicyclic) bond motifs is 1. The van der Waals surface area contributed by atoms with Crippen molar-refractivity contribution >= 4 is 67.0 Å². The molecule has 0 spiro atoms. The van der Waals surface area contributed by atoms with Crippen molar-refractivity contribution in [2.24, 2.45) is 0 Å². The molecule has 0 unspecified atom stereocenters. The summed E-state index contributed by atoms with van der Waals surface area (Å²) < 4.78 is 7.46. The molecular formula is C22H16BrNO2S2. The van der Waals surface area contributed by atoms with Crippen molar-refractivity contribution in [3.8, 4) is 5.75 Å². The minimum absolute atomic E-state index is 0.0672. The van der Waals surface area contributed by atoms with Gasteiger partial charge in [-0.1, -0.05) is 72.5 Å². The Morgan fingerprint density at radius 3 is 2.68 bits per heavy atom. The number of hydrogen-bond acceptors (Lipinski definition) is 4. The molecule has 140 valence electrons. The van der Waals surface area contributed by atoms with Crippen LogP contribution in [0.4, 0.5) is 0 Å². The largest absolute Gasteiger partial charge is 0.488 e. The molecule has 28 heavy (non-hydrogen) atoms. The number of amides is 1. The Labute approximate surface area is 181 Å². The molecule has 0 N–H and O–H groups in total. The van der Waals surface area contributed by atoms with Gasteiger partial charge in [0.05, 0.1) is 9.38 Å². The molecule has 0 atom stereocenters. The highest BCUT2D eigenvalue weighted by molar-refractivity contribution is 9.10. The molecule has 1 amide bonds. The molecule has 0 aromatic heterocycles. The smallest absolute Gasteiger partial charge is 0.265 e. The van der Waals surface area contributed by atoms with E-state index >= 15 is 0 Å². The number of carbonyl (C=O) groups excluding carboxylic acids is 1. The van der Waals surface area contributed by atoms with Gasteiger partial charge in [-0.05, 0) is 56.0 Å². The Hall–Kier alpha value is -2.15. The molecule has 1 heterocycles. The van der Waals surface area contributed by atoms with E-state index in [0.717, 1.165) is 21.3 Å². The highest BCUT2D eigenvalue weighted by atomic mass is 79.9. The van der Waals surface area contributed by atoms with Gasteiger partial charge < -0.3 is 4.74 Å². The summed E-state index contributed by atoms with van der Waals surface area (Å²) in [5, 5.41) is 2.39. The first-order valence-electron chi connectivity index (χ1n) is 8.63. The average Bonchev–Trinajstić information content (AvgIpc) is 2.94. The molecule has 1 aliphatic rings. The van der Waals surface area contributed by atoms with Crippen molar-refractivity contribution in [1.29, 1.82) is 0 Å². The molecule has 6 heteroatoms. The summed E-state index contributed by atoms with van der Waals surface area (Å²) in [6, 6.07) is 20.3. The fraction of sp³-hybridized carbons (Fsp3) is 0.0909. The van der Waals surface area contributed by atoms with Crippen LogP contribution in [0, 0.1) is 0 Å². The van der Waals surface area contributed by atoms with Gasteiger partial charge in [0.1, 0.15) is 16.7 Å². The number of thiocarbonyl (C=S) groups is 1. The number of hydrogen-bond donors (Lipinski definition) is 0. The molecule has 0 saturated carbocycles. The summed E-state index contributed by atoms with van der Waals surface area (Å²) in [4.78, 5) is 14.3. The molecule has 0 bridgehead atoms. The zero-order chi connectivity index (χ0) is 19.7. The predicted octanol–water partition coefficient (Wildman–Crippen LogP) is 6.01. The van der Waals surface area contributed by atoms with Gasteiger partial charge in [0.25, 0.3) is 5.91 Å². The Kier molecular flexibility index (Phi) is 5.53. The third-order valence-electron chi connectivity index (χ3n) is 4.50. The van der Waals surface area contributed by atoms with Crippen LogP contribution in [-0.2, 0) is 11.4 Å². The maximum atomic E-state index is 12.2. The predicted molar refractivity (Wildman–Crippen MR) is 123 cm³/mol. The fourth-order valence-corrected chi connectivity index (χ4v) is 4.69. The van der Waals surface area contributed by atoms with E-state index in [2.05, 4.69) is 40.2 Å². The van der Waals surface area contributed by atoms with E-state index in [-0.39, 0.29) is 5.91 Å². The maximum Gasteiger partial charge on any atom is 0.265 e. The minimum atomic E-state index is -0.0672. The summed E-state index contributed by atoms with van der Waals surface area (Å²) in [6.45, 7) is 0.480. The molecule has 3 aromatic carbocycles. The SMILES string of the molecule is CN1C(=O)/C(=C\c2ccc(OCc3cccc4ccccc34)c(Br)c2)SC1=S. The standard InChI is InChI=1S/C22H16BrNO2S2/c1-24-21(25)20(28-22(24)27)12-14-9-10-19(18(23)11-14)26-13-16-7-4-6-15-5-2-3-8-17(15)16/h2-12H,13H2,1H3/b20-12+. The van der Waals surface area contributed by atoms with Crippen LogP contribution in [-0.4, -0.2) is 22.2 Å². The molecule has 1 aliphatic heterocycles. The third-order valence-corrected chi connectivity index (χ3v) is 6.61. The van der Waals surface area contributed by atoms with Gasteiger partial charge >= 0.3 is 0 Å². The molecular weight excluding hydrogens is 454 g/mol. The van der Waals surface area contributed by atoms with Gasteiger partial charge in [-0.15, -0.1) is 0 Å². The minimum Gasteiger partial charge on any atom is -0.488 e. The quantitative estimate of drug-likeness (QED) is 0.345. The highest BCUT2D eigenvalue weighted by Gasteiger charge is 2.28. The van der Waals surface area contributed by atoms with Crippen molar-refractivity contribution < 1.29 is 9.53 Å². The number of thioether (sulfide) groups is 1. The zero-order valence-corrected chi connectivity index (χ0v) is 18.2. The molecule has 3 aromatic rings. The van der Waals surface area contributed by atoms with Crippen molar-refractivity contribution in [3.05, 3.63) is 81.2 Å². The molecule has 3 nitrogen and oxygen atoms in total. The van der Waals surface area contributed by atoms with Gasteiger partial charge in [-0.3, -0.25) is 9.69 Å². The zero-order valence-electron chi connectivity index (χ0n) is 15.0. The highest BCUT2D eigenvalue weighted by Crippen LogP contribution is 2.33. The van der Waals surface area contributed by atoms with Crippen molar-refractivity contribution in [2.45, 2.75) is 6.61 Å². The van der Waals surface area contributed by atoms with Crippen molar-refractivity contribution in [1.82, 2.24) is 4.90 Å². The average molecular weight is 470 g/mol. The number of ether oxygens (including phenoxy) is 1. The lowest BCUT2D eigenvalue weighted by Crippen LogP contribution is -2.22. The van der Waals surface area contributed by atoms with E-state index in [1.807, 2.05) is 42.5 Å². The fourth-order valence-electron chi connectivity index (χ4n) is 2.99. The molecule has 4 rings (SSSR count). The lowest BCUT2D eigenvalue weighted by Gasteiger charge is -2.11. The third kappa shape index (κ3) is 3.85. The van der Waals surface area contributed by atoms with Crippen molar-refractivity contribution in [3.63, 3.8) is 0 Å². The van der Waals surface area contributed by atoms with E-state index in [9.17, 15) is 4.79 Å². The van der Waals surface area contributed by atoms with Crippen LogP contribution in [0.3, 0.4) is 0 Å². The van der Waals surface area contributed by atoms with Crippen LogP contribution in [0.5, 0.6) is 5.75 Å². The van der Waals surface area contributed by atoms with Crippen LogP contribution < -0.4 is 4.74 Å². The number of benzene rings is 3. The van der Waals surface area contributed by atoms with E-state index in [1.54, 1.807) is 7.05 Å². The number of rotatable bonds is 4. The molecule has 1 saturated heterocycles. The maximum absolute atomic E-state index is 12.2. The Morgan fingerprint density at radius 2 is 1.93 bits per heavy atom. The van der Waals surface area contributed by atoms with Crippen LogP contribution in [0.25, 0.3) is 16.8 Å². The summed E-state index contributed by atoms with van der Waals surface area (Å²) in [5.41, 5.74) is 2.05. The van der Waals surface area contributed by atoms with E-state index in [4.69, 9.17) is 17.0 Å². The van der Waals surface area contributed by atoms with Crippen LogP contribution in [0.2, 0.25) is 0 Å². The Morgan fingerprint density at radius 1 is 1.14 bits per heavy atom. The Bertz CT molecular complexity index is 1120. The summed E-state index contributed by atoms with van der Waals surface area (Å²) in [7, 11) is 1.69. The first-order valence-corrected chi connectivity index (χ1v) is 10.7.